The average Bonchev–Trinajstić information content (AvgIpc) is 1.51. The number of thioether (sulfide) groups is 2. The van der Waals surface area contributed by atoms with Crippen LogP contribution >= 0.6 is 23.5 Å². The Balaban J connectivity index is 0.000000185. The molecule has 8 bridgehead atoms. The molecule has 2 amide bonds. The van der Waals surface area contributed by atoms with E-state index in [1.807, 2.05) is 51.9 Å². The number of aromatic hydroxyl groups is 2. The van der Waals surface area contributed by atoms with Crippen LogP contribution in [0.5, 0.6) is 80.5 Å². The predicted octanol–water partition coefficient (Wildman–Crippen LogP) is 9.63. The minimum atomic E-state index is -1.50. The standard InChI is InChI=1S/C48H55N5O13S.C47H56N4O14S/c1-21-13-26-14-28-29(17-49)53-30-18-61-45(57)48(27-16-31(59-9)32(15-25(27)11-12-50-48)65-44(56)23(3)51-46(58)66-47(5,6)7)19-67-43(37(53)36(52(28)8)33(26)38(55)39(21)60-10)35-34(30)42-41(62-20-63-42)22(2)40(35)64-24(4)54;1-20-13-25-14-27-42(54)51-28-17-60-44(56)47(26-16-29(58-9)30(15-24(26)11-12-48-47)64-43(55)22(3)49-45(57)65-46(5,6)7)18-66-41(35(51)34(50(27)8)31(25)36(53)37(20)59-10)33-32(28)40-39(61-19-62-40)21(2)38(33)63-23(4)52/h13,15-16,23,28-30,36-37,43,50,55H,11-12,14,18-20H2,1-10H3,(H,51,58);13,15-16,22,27-28,34-35,41-42,48,53-54H,11-12,14,17-19H2,1-10H3,(H,49,57)/t23-,28-,29-,30-,36+,37?,43+,48+;22-,27-,28-,34+,35?,41+,42-,47+/m00/s1. The van der Waals surface area contributed by atoms with E-state index in [1.165, 1.54) is 79.7 Å². The number of piperazine rings is 2. The first-order valence-corrected chi connectivity index (χ1v) is 46.3. The summed E-state index contributed by atoms with van der Waals surface area (Å²) in [6.07, 6.45) is -0.915. The molecule has 710 valence electrons. The number of aryl methyl sites for hydroxylation is 2. The van der Waals surface area contributed by atoms with Gasteiger partial charge in [0, 0.05) is 101 Å². The van der Waals surface area contributed by atoms with Gasteiger partial charge in [-0.25, -0.2) is 28.8 Å². The van der Waals surface area contributed by atoms with Crippen LogP contribution in [0.15, 0.2) is 36.4 Å². The number of likely N-dealkylation sites (N-methyl/N-ethyl adjacent to an activating group) is 2. The third-order valence-corrected chi connectivity index (χ3v) is 30.2. The van der Waals surface area contributed by atoms with E-state index >= 15 is 9.59 Å². The van der Waals surface area contributed by atoms with E-state index in [0.717, 1.165) is 22.3 Å². The van der Waals surface area contributed by atoms with Crippen LogP contribution in [0, 0.1) is 39.0 Å². The van der Waals surface area contributed by atoms with E-state index in [4.69, 9.17) is 75.8 Å². The number of nitrogens with one attached hydrogen (secondary N) is 4. The lowest BCUT2D eigenvalue weighted by molar-refractivity contribution is -0.186. The lowest BCUT2D eigenvalue weighted by Gasteiger charge is -2.62. The van der Waals surface area contributed by atoms with Crippen molar-refractivity contribution in [2.45, 2.75) is 228 Å². The second kappa shape index (κ2) is 35.1. The molecule has 6 aromatic rings. The van der Waals surface area contributed by atoms with Crippen LogP contribution in [0.2, 0.25) is 0 Å². The fraction of sp³-hybridized carbons (Fsp3) is 0.526. The number of nitrogens with zero attached hydrogens (tertiary/aromatic N) is 5. The molecule has 36 nitrogen and oxygen atoms in total. The Bertz CT molecular complexity index is 5890. The Morgan fingerprint density at radius 1 is 0.526 bits per heavy atom. The van der Waals surface area contributed by atoms with Gasteiger partial charge in [0.25, 0.3) is 0 Å². The number of esters is 6. The number of carbonyl (C=O) groups excluding carboxylic acids is 8. The van der Waals surface area contributed by atoms with Gasteiger partial charge < -0.3 is 102 Å². The summed E-state index contributed by atoms with van der Waals surface area (Å²) in [5.41, 5.74) is 6.07. The molecular formula is C95H111N9O27S2. The first-order chi connectivity index (χ1) is 63.1. The number of alkyl carbamates (subject to hydrolysis) is 2. The zero-order valence-corrected chi connectivity index (χ0v) is 79.4. The van der Waals surface area contributed by atoms with Gasteiger partial charge in [-0.15, -0.1) is 23.5 Å². The molecule has 2 unspecified atom stereocenters. The number of hydrogen-bond acceptors (Lipinski definition) is 36. The van der Waals surface area contributed by atoms with Gasteiger partial charge in [-0.2, -0.15) is 5.26 Å². The summed E-state index contributed by atoms with van der Waals surface area (Å²) in [4.78, 5) is 116. The number of fused-ring (bicyclic) bond motifs is 18. The summed E-state index contributed by atoms with van der Waals surface area (Å²) >= 11 is 2.85. The monoisotopic (exact) mass is 1870 g/mol. The van der Waals surface area contributed by atoms with Gasteiger partial charge in [-0.3, -0.25) is 39.8 Å². The normalized spacial score (nSPS) is 26.6. The van der Waals surface area contributed by atoms with Crippen LogP contribution in [0.4, 0.5) is 9.59 Å². The fourth-order valence-electron chi connectivity index (χ4n) is 21.8. The molecular weight excluding hydrogens is 1760 g/mol. The topological polar surface area (TPSA) is 430 Å². The highest BCUT2D eigenvalue weighted by Gasteiger charge is 2.65. The third kappa shape index (κ3) is 15.7. The Morgan fingerprint density at radius 3 is 1.32 bits per heavy atom. The second-order valence-corrected chi connectivity index (χ2v) is 39.8. The van der Waals surface area contributed by atoms with E-state index in [1.54, 1.807) is 72.7 Å². The third-order valence-electron chi connectivity index (χ3n) is 27.3. The lowest BCUT2D eigenvalue weighted by atomic mass is 9.71. The summed E-state index contributed by atoms with van der Waals surface area (Å²) in [7, 11) is 9.78. The first kappa shape index (κ1) is 93.4. The second-order valence-electron chi connectivity index (χ2n) is 37.6. The number of phenolic OH excluding ortho intramolecular Hbond substituents is 2. The SMILES string of the molecule is COc1cc2c(cc1OC(=O)[C@H](C)NC(=O)OC(C)(C)C)CCN[C@]21CS[C@@H]2c3c(OC(C)=O)c(C)c4c(c3[C@H](COC1=O)N1C2[C@H]2c3c(cc(C)c(OC)c3O)C[C@@H]([C@@H]1C#N)N2C)OCO4.COc1cc2c(cc1OC(=O)[C@H](C)NC(=O)OC(C)(C)C)CCN[C@]21CS[C@@H]2c3c(OC(C)=O)c(C)c4c(c3[C@H](COC1=O)N1C2[C@H]2c3c(cc(C)c(OC)c3O)C[C@@H]([C@@H]1O)N2C)OCO4. The largest absolute Gasteiger partial charge is 0.504 e. The summed E-state index contributed by atoms with van der Waals surface area (Å²) in [6, 6.07) is 5.64. The fourth-order valence-corrected chi connectivity index (χ4v) is 25.2. The van der Waals surface area contributed by atoms with Crippen molar-refractivity contribution in [2.75, 3.05) is 93.9 Å². The smallest absolute Gasteiger partial charge is 0.408 e. The van der Waals surface area contributed by atoms with Crippen LogP contribution in [0.1, 0.15) is 193 Å². The molecule has 7 N–H and O–H groups in total. The number of carbonyl (C=O) groups is 8. The van der Waals surface area contributed by atoms with Gasteiger partial charge >= 0.3 is 48.0 Å². The molecule has 20 rings (SSSR count). The first-order valence-electron chi connectivity index (χ1n) is 44.2. The highest BCUT2D eigenvalue weighted by molar-refractivity contribution is 7.99. The van der Waals surface area contributed by atoms with Crippen molar-refractivity contribution in [3.05, 3.63) is 125 Å². The Hall–Kier alpha value is -11.4. The van der Waals surface area contributed by atoms with Gasteiger partial charge in [-0.1, -0.05) is 12.1 Å². The van der Waals surface area contributed by atoms with Crippen molar-refractivity contribution in [3.63, 3.8) is 0 Å². The molecule has 6 aromatic carbocycles. The van der Waals surface area contributed by atoms with Gasteiger partial charge in [0.05, 0.1) is 75.2 Å². The summed E-state index contributed by atoms with van der Waals surface area (Å²) in [5, 5.41) is 59.0. The van der Waals surface area contributed by atoms with Crippen molar-refractivity contribution in [1.82, 2.24) is 40.9 Å². The zero-order valence-electron chi connectivity index (χ0n) is 77.7. The van der Waals surface area contributed by atoms with Crippen LogP contribution in [-0.4, -0.2) is 237 Å². The van der Waals surface area contributed by atoms with Crippen LogP contribution < -0.4 is 78.1 Å². The number of phenols is 2. The Kier molecular flexibility index (Phi) is 24.7. The molecule has 0 aliphatic carbocycles. The van der Waals surface area contributed by atoms with E-state index in [9.17, 15) is 49.3 Å². The van der Waals surface area contributed by atoms with Gasteiger partial charge in [0.1, 0.15) is 60.3 Å². The quantitative estimate of drug-likeness (QED) is 0.0340. The molecule has 14 aliphatic heterocycles. The van der Waals surface area contributed by atoms with Crippen molar-refractivity contribution in [3.8, 4) is 86.6 Å². The van der Waals surface area contributed by atoms with Crippen molar-refractivity contribution in [2.24, 2.45) is 0 Å². The molecule has 0 radical (unpaired) electrons. The van der Waals surface area contributed by atoms with E-state index in [-0.39, 0.29) is 90.3 Å². The number of hydrogen-bond donors (Lipinski definition) is 7. The molecule has 14 heterocycles. The molecule has 4 saturated heterocycles. The van der Waals surface area contributed by atoms with Gasteiger partial charge in [0.2, 0.25) is 13.6 Å². The van der Waals surface area contributed by atoms with Gasteiger partial charge in [0.15, 0.2) is 80.1 Å². The molecule has 2 spiro atoms. The zero-order chi connectivity index (χ0) is 95.3. The Morgan fingerprint density at radius 2 is 0.925 bits per heavy atom. The van der Waals surface area contributed by atoms with Crippen molar-refractivity contribution < 1.29 is 129 Å². The van der Waals surface area contributed by atoms with E-state index in [0.29, 0.717) is 140 Å². The molecule has 0 aromatic heterocycles. The van der Waals surface area contributed by atoms with Crippen molar-refractivity contribution in [1.29, 1.82) is 5.26 Å². The minimum Gasteiger partial charge on any atom is -0.504 e. The molecule has 0 saturated carbocycles. The van der Waals surface area contributed by atoms with E-state index < -0.39 is 147 Å². The molecule has 38 heteroatoms. The molecule has 133 heavy (non-hydrogen) atoms. The molecule has 14 aliphatic rings. The van der Waals surface area contributed by atoms with E-state index in [2.05, 4.69) is 42.0 Å². The Labute approximate surface area is 777 Å². The number of ether oxygens (including phenoxy) is 16. The van der Waals surface area contributed by atoms with Crippen molar-refractivity contribution >= 4 is 71.5 Å². The van der Waals surface area contributed by atoms with Gasteiger partial charge in [-0.05, 0) is 192 Å². The van der Waals surface area contributed by atoms with Crippen LogP contribution in [0.25, 0.3) is 0 Å². The highest BCUT2D eigenvalue weighted by Crippen LogP contribution is 2.68. The number of benzene rings is 6. The lowest BCUT2D eigenvalue weighted by Crippen LogP contribution is -2.70. The number of aliphatic hydroxyl groups excluding tert-OH is 1. The maximum absolute atomic E-state index is 15.1. The molecule has 4 fully saturated rings. The maximum Gasteiger partial charge on any atom is 0.408 e. The average molecular weight is 1880 g/mol. The predicted molar refractivity (Wildman–Crippen MR) is 478 cm³/mol. The summed E-state index contributed by atoms with van der Waals surface area (Å²) < 4.78 is 95.4. The highest BCUT2D eigenvalue weighted by atomic mass is 32.2. The minimum absolute atomic E-state index is 0.00351. The number of nitriles is 1. The summed E-state index contributed by atoms with van der Waals surface area (Å²) in [6.45, 7) is 23.2. The van der Waals surface area contributed by atoms with Crippen LogP contribution in [0.3, 0.4) is 0 Å². The maximum atomic E-state index is 15.1. The summed E-state index contributed by atoms with van der Waals surface area (Å²) in [5.74, 6) is -0.301. The number of aliphatic hydroxyl groups is 1. The number of methoxy groups -OCH3 is 4. The number of amides is 2. The number of rotatable bonds is 12. The van der Waals surface area contributed by atoms with Crippen LogP contribution in [-0.2, 0) is 84.5 Å². The molecule has 16 atom stereocenters.